The third kappa shape index (κ3) is 4.61. The van der Waals surface area contributed by atoms with Crippen molar-refractivity contribution in [3.8, 4) is 0 Å². The van der Waals surface area contributed by atoms with Gasteiger partial charge in [0.25, 0.3) is 0 Å². The highest BCUT2D eigenvalue weighted by atomic mass is 16.2. The van der Waals surface area contributed by atoms with Crippen LogP contribution in [0.1, 0.15) is 25.5 Å². The van der Waals surface area contributed by atoms with E-state index >= 15 is 0 Å². The van der Waals surface area contributed by atoms with E-state index < -0.39 is 0 Å². The molecule has 0 aliphatic rings. The van der Waals surface area contributed by atoms with Gasteiger partial charge in [0, 0.05) is 17.4 Å². The molecular formula is C17H21N3O. The molecule has 110 valence electrons. The molecule has 1 atom stereocenters. The molecular weight excluding hydrogens is 262 g/mol. The lowest BCUT2D eigenvalue weighted by atomic mass is 10.1. The van der Waals surface area contributed by atoms with Crippen molar-refractivity contribution in [2.45, 2.75) is 19.9 Å². The van der Waals surface area contributed by atoms with E-state index in [0.717, 1.165) is 23.5 Å². The van der Waals surface area contributed by atoms with Crippen LogP contribution in [0.15, 0.2) is 54.6 Å². The van der Waals surface area contributed by atoms with E-state index in [1.165, 1.54) is 0 Å². The molecule has 2 rings (SSSR count). The largest absolute Gasteiger partial charge is 0.323 e. The van der Waals surface area contributed by atoms with Crippen molar-refractivity contribution < 1.29 is 4.79 Å². The number of carbonyl (C=O) groups is 1. The molecule has 0 bridgehead atoms. The number of para-hydroxylation sites is 1. The second-order valence-corrected chi connectivity index (χ2v) is 4.85. The summed E-state index contributed by atoms with van der Waals surface area (Å²) in [5.41, 5.74) is 2.70. The van der Waals surface area contributed by atoms with Crippen molar-refractivity contribution in [3.63, 3.8) is 0 Å². The van der Waals surface area contributed by atoms with E-state index in [-0.39, 0.29) is 12.1 Å². The van der Waals surface area contributed by atoms with Crippen LogP contribution in [0.25, 0.3) is 0 Å². The number of rotatable bonds is 5. The average Bonchev–Trinajstić information content (AvgIpc) is 2.48. The van der Waals surface area contributed by atoms with Crippen LogP contribution in [0.3, 0.4) is 0 Å². The van der Waals surface area contributed by atoms with Crippen molar-refractivity contribution in [1.29, 1.82) is 0 Å². The van der Waals surface area contributed by atoms with Crippen LogP contribution in [0.5, 0.6) is 0 Å². The molecule has 0 aliphatic heterocycles. The van der Waals surface area contributed by atoms with Gasteiger partial charge in [0.15, 0.2) is 0 Å². The van der Waals surface area contributed by atoms with E-state index in [1.54, 1.807) is 0 Å². The van der Waals surface area contributed by atoms with Crippen molar-refractivity contribution in [2.24, 2.45) is 0 Å². The predicted octanol–water partition coefficient (Wildman–Crippen LogP) is 4.00. The maximum atomic E-state index is 12.0. The Morgan fingerprint density at radius 2 is 1.67 bits per heavy atom. The van der Waals surface area contributed by atoms with Gasteiger partial charge in [0.1, 0.15) is 0 Å². The topological polar surface area (TPSA) is 53.2 Å². The Balaban J connectivity index is 1.99. The molecule has 2 aromatic carbocycles. The molecule has 0 radical (unpaired) electrons. The van der Waals surface area contributed by atoms with E-state index in [1.807, 2.05) is 54.6 Å². The maximum absolute atomic E-state index is 12.0. The fourth-order valence-electron chi connectivity index (χ4n) is 2.12. The van der Waals surface area contributed by atoms with Crippen LogP contribution in [0, 0.1) is 0 Å². The summed E-state index contributed by atoms with van der Waals surface area (Å²) in [4.78, 5) is 12.0. The standard InChI is InChI=1S/C17H21N3O/c1-3-18-13(2)14-8-7-11-16(12-14)20-17(21)19-15-9-5-4-6-10-15/h4-13,18H,3H2,1-2H3,(H2,19,20,21). The Kier molecular flexibility index (Phi) is 5.35. The third-order valence-electron chi connectivity index (χ3n) is 3.19. The molecule has 0 aliphatic carbocycles. The average molecular weight is 283 g/mol. The number of carbonyl (C=O) groups excluding carboxylic acids is 1. The fourth-order valence-corrected chi connectivity index (χ4v) is 2.12. The number of benzene rings is 2. The summed E-state index contributed by atoms with van der Waals surface area (Å²) in [7, 11) is 0. The van der Waals surface area contributed by atoms with E-state index in [0.29, 0.717) is 0 Å². The molecule has 0 aromatic heterocycles. The number of hydrogen-bond acceptors (Lipinski definition) is 2. The van der Waals surface area contributed by atoms with Gasteiger partial charge in [-0.05, 0) is 43.3 Å². The molecule has 2 amide bonds. The first-order chi connectivity index (χ1) is 10.2. The lowest BCUT2D eigenvalue weighted by molar-refractivity contribution is 0.262. The van der Waals surface area contributed by atoms with Crippen molar-refractivity contribution in [2.75, 3.05) is 17.2 Å². The van der Waals surface area contributed by atoms with Gasteiger partial charge in [-0.1, -0.05) is 37.3 Å². The normalized spacial score (nSPS) is 11.7. The van der Waals surface area contributed by atoms with Crippen LogP contribution in [0.4, 0.5) is 16.2 Å². The van der Waals surface area contributed by atoms with E-state index in [9.17, 15) is 4.79 Å². The Hall–Kier alpha value is -2.33. The highest BCUT2D eigenvalue weighted by Crippen LogP contribution is 2.17. The number of amides is 2. The van der Waals surface area contributed by atoms with Gasteiger partial charge in [0.05, 0.1) is 0 Å². The minimum absolute atomic E-state index is 0.241. The van der Waals surface area contributed by atoms with E-state index in [2.05, 4.69) is 29.8 Å². The Morgan fingerprint density at radius 3 is 2.38 bits per heavy atom. The monoisotopic (exact) mass is 283 g/mol. The summed E-state index contributed by atoms with van der Waals surface area (Å²) in [6.07, 6.45) is 0. The predicted molar refractivity (Wildman–Crippen MR) is 87.6 cm³/mol. The highest BCUT2D eigenvalue weighted by Gasteiger charge is 2.06. The summed E-state index contributed by atoms with van der Waals surface area (Å²) in [6, 6.07) is 17.3. The minimum Gasteiger partial charge on any atom is -0.310 e. The number of hydrogen-bond donors (Lipinski definition) is 3. The van der Waals surface area contributed by atoms with Crippen LogP contribution >= 0.6 is 0 Å². The molecule has 0 heterocycles. The van der Waals surface area contributed by atoms with Crippen molar-refractivity contribution in [1.82, 2.24) is 5.32 Å². The van der Waals surface area contributed by atoms with Gasteiger partial charge in [-0.3, -0.25) is 0 Å². The SMILES string of the molecule is CCNC(C)c1cccc(NC(=O)Nc2ccccc2)c1. The molecule has 21 heavy (non-hydrogen) atoms. The summed E-state index contributed by atoms with van der Waals surface area (Å²) < 4.78 is 0. The van der Waals surface area contributed by atoms with Crippen LogP contribution in [-0.4, -0.2) is 12.6 Å². The van der Waals surface area contributed by atoms with Gasteiger partial charge in [-0.15, -0.1) is 0 Å². The number of nitrogens with one attached hydrogen (secondary N) is 3. The second-order valence-electron chi connectivity index (χ2n) is 4.85. The summed E-state index contributed by atoms with van der Waals surface area (Å²) in [5.74, 6) is 0. The first kappa shape index (κ1) is 15.1. The van der Waals surface area contributed by atoms with Crippen LogP contribution in [0.2, 0.25) is 0 Å². The van der Waals surface area contributed by atoms with E-state index in [4.69, 9.17) is 0 Å². The summed E-state index contributed by atoms with van der Waals surface area (Å²) in [5, 5.41) is 9.00. The molecule has 2 aromatic rings. The van der Waals surface area contributed by atoms with Crippen LogP contribution < -0.4 is 16.0 Å². The molecule has 0 saturated heterocycles. The fraction of sp³-hybridized carbons (Fsp3) is 0.235. The molecule has 0 spiro atoms. The van der Waals surface area contributed by atoms with Crippen LogP contribution in [-0.2, 0) is 0 Å². The summed E-state index contributed by atoms with van der Waals surface area (Å²) in [6.45, 7) is 5.09. The maximum Gasteiger partial charge on any atom is 0.323 e. The zero-order valence-electron chi connectivity index (χ0n) is 12.4. The lowest BCUT2D eigenvalue weighted by Crippen LogP contribution is -2.20. The number of urea groups is 1. The first-order valence-electron chi connectivity index (χ1n) is 7.15. The molecule has 4 nitrogen and oxygen atoms in total. The van der Waals surface area contributed by atoms with Gasteiger partial charge in [-0.25, -0.2) is 4.79 Å². The lowest BCUT2D eigenvalue weighted by Gasteiger charge is -2.14. The Morgan fingerprint density at radius 1 is 1.00 bits per heavy atom. The first-order valence-corrected chi connectivity index (χ1v) is 7.15. The highest BCUT2D eigenvalue weighted by molar-refractivity contribution is 5.99. The second kappa shape index (κ2) is 7.45. The minimum atomic E-state index is -0.241. The molecule has 1 unspecified atom stereocenters. The van der Waals surface area contributed by atoms with Gasteiger partial charge < -0.3 is 16.0 Å². The van der Waals surface area contributed by atoms with Gasteiger partial charge >= 0.3 is 6.03 Å². The quantitative estimate of drug-likeness (QED) is 0.777. The Labute approximate surface area is 125 Å². The zero-order valence-corrected chi connectivity index (χ0v) is 12.4. The van der Waals surface area contributed by atoms with Crippen molar-refractivity contribution in [3.05, 3.63) is 60.2 Å². The molecule has 0 saturated carbocycles. The van der Waals surface area contributed by atoms with Crippen molar-refractivity contribution >= 4 is 17.4 Å². The molecule has 3 N–H and O–H groups in total. The Bertz CT molecular complexity index is 584. The zero-order chi connectivity index (χ0) is 15.1. The molecule has 0 fully saturated rings. The number of anilines is 2. The van der Waals surface area contributed by atoms with Gasteiger partial charge in [-0.2, -0.15) is 0 Å². The third-order valence-corrected chi connectivity index (χ3v) is 3.19. The van der Waals surface area contributed by atoms with Gasteiger partial charge in [0.2, 0.25) is 0 Å². The summed E-state index contributed by atoms with van der Waals surface area (Å²) >= 11 is 0. The smallest absolute Gasteiger partial charge is 0.310 e. The molecule has 4 heteroatoms.